The first-order valence-electron chi connectivity index (χ1n) is 6.99. The van der Waals surface area contributed by atoms with E-state index in [-0.39, 0.29) is 0 Å². The van der Waals surface area contributed by atoms with Crippen molar-refractivity contribution in [1.82, 2.24) is 19.4 Å². The molecule has 0 amide bonds. The Balaban J connectivity index is 1.83. The number of fused-ring (bicyclic) bond motifs is 1. The van der Waals surface area contributed by atoms with Crippen molar-refractivity contribution in [2.75, 3.05) is 17.2 Å². The van der Waals surface area contributed by atoms with Crippen LogP contribution in [0.2, 0.25) is 0 Å². The van der Waals surface area contributed by atoms with E-state index in [0.29, 0.717) is 6.54 Å². The fraction of sp³-hybridized carbons (Fsp3) is 0.357. The van der Waals surface area contributed by atoms with Crippen LogP contribution in [0.3, 0.4) is 0 Å². The van der Waals surface area contributed by atoms with Crippen LogP contribution < -0.4 is 10.6 Å². The molecule has 3 aromatic heterocycles. The molecule has 3 aromatic rings. The second-order valence-electron chi connectivity index (χ2n) is 4.78. The molecule has 0 aromatic carbocycles. The van der Waals surface area contributed by atoms with Crippen molar-refractivity contribution in [3.05, 3.63) is 34.7 Å². The molecule has 0 atom stereocenters. The molecule has 0 saturated carbocycles. The molecule has 7 heteroatoms. The van der Waals surface area contributed by atoms with Gasteiger partial charge in [0.1, 0.15) is 10.8 Å². The number of hydrogen-bond acceptors (Lipinski definition) is 6. The summed E-state index contributed by atoms with van der Waals surface area (Å²) < 4.78 is 1.97. The summed E-state index contributed by atoms with van der Waals surface area (Å²) >= 11 is 1.69. The summed E-state index contributed by atoms with van der Waals surface area (Å²) in [4.78, 5) is 14.5. The highest BCUT2D eigenvalue weighted by Gasteiger charge is 2.08. The van der Waals surface area contributed by atoms with Crippen molar-refractivity contribution in [3.63, 3.8) is 0 Å². The highest BCUT2D eigenvalue weighted by Crippen LogP contribution is 2.18. The molecule has 0 spiro atoms. The zero-order valence-corrected chi connectivity index (χ0v) is 12.9. The zero-order chi connectivity index (χ0) is 14.7. The van der Waals surface area contributed by atoms with Crippen LogP contribution in [0.4, 0.5) is 11.6 Å². The van der Waals surface area contributed by atoms with Crippen molar-refractivity contribution < 1.29 is 0 Å². The molecular formula is C14H18N6S. The van der Waals surface area contributed by atoms with Gasteiger partial charge in [-0.25, -0.2) is 15.0 Å². The summed E-state index contributed by atoms with van der Waals surface area (Å²) in [6.07, 6.45) is 8.60. The Bertz CT molecular complexity index is 732. The average molecular weight is 302 g/mol. The largest absolute Gasteiger partial charge is 0.369 e. The first-order chi connectivity index (χ1) is 10.3. The molecule has 110 valence electrons. The van der Waals surface area contributed by atoms with E-state index in [0.717, 1.165) is 35.3 Å². The molecule has 0 saturated heterocycles. The van der Waals surface area contributed by atoms with Crippen LogP contribution in [0.1, 0.15) is 23.2 Å². The Hall–Kier alpha value is -2.15. The van der Waals surface area contributed by atoms with Gasteiger partial charge >= 0.3 is 0 Å². The van der Waals surface area contributed by atoms with Gasteiger partial charge < -0.3 is 15.0 Å². The van der Waals surface area contributed by atoms with E-state index in [1.54, 1.807) is 17.5 Å². The maximum atomic E-state index is 4.60. The topological polar surface area (TPSA) is 67.1 Å². The van der Waals surface area contributed by atoms with E-state index < -0.39 is 0 Å². The van der Waals surface area contributed by atoms with E-state index in [1.807, 2.05) is 23.0 Å². The minimum absolute atomic E-state index is 0.658. The van der Waals surface area contributed by atoms with Gasteiger partial charge in [-0.1, -0.05) is 6.92 Å². The number of anilines is 2. The summed E-state index contributed by atoms with van der Waals surface area (Å²) in [5, 5.41) is 7.69. The van der Waals surface area contributed by atoms with Gasteiger partial charge in [0.25, 0.3) is 0 Å². The average Bonchev–Trinajstić information content (AvgIpc) is 3.11. The Kier molecular flexibility index (Phi) is 4.01. The predicted octanol–water partition coefficient (Wildman–Crippen LogP) is 2.93. The smallest absolute Gasteiger partial charge is 0.180 e. The van der Waals surface area contributed by atoms with E-state index in [2.05, 4.69) is 39.4 Å². The summed E-state index contributed by atoms with van der Waals surface area (Å²) in [7, 11) is 0. The maximum absolute atomic E-state index is 4.60. The van der Waals surface area contributed by atoms with Gasteiger partial charge in [-0.05, 0) is 13.3 Å². The number of nitrogens with one attached hydrogen (secondary N) is 2. The lowest BCUT2D eigenvalue weighted by atomic mass is 10.4. The van der Waals surface area contributed by atoms with Gasteiger partial charge in [-0.2, -0.15) is 0 Å². The van der Waals surface area contributed by atoms with Crippen LogP contribution in [0, 0.1) is 6.92 Å². The number of aryl methyl sites for hydroxylation is 1. The van der Waals surface area contributed by atoms with Crippen molar-refractivity contribution in [2.24, 2.45) is 0 Å². The molecule has 0 bridgehead atoms. The Labute approximate surface area is 127 Å². The highest BCUT2D eigenvalue weighted by molar-refractivity contribution is 7.11. The lowest BCUT2D eigenvalue weighted by Crippen LogP contribution is -2.08. The molecule has 21 heavy (non-hydrogen) atoms. The van der Waals surface area contributed by atoms with E-state index in [4.69, 9.17) is 0 Å². The number of rotatable bonds is 6. The molecule has 3 rings (SSSR count). The van der Waals surface area contributed by atoms with Crippen LogP contribution in [-0.4, -0.2) is 25.9 Å². The zero-order valence-electron chi connectivity index (χ0n) is 12.1. The maximum Gasteiger partial charge on any atom is 0.180 e. The van der Waals surface area contributed by atoms with Crippen LogP contribution in [0.25, 0.3) is 5.65 Å². The Morgan fingerprint density at radius 3 is 2.95 bits per heavy atom. The summed E-state index contributed by atoms with van der Waals surface area (Å²) in [5.74, 6) is 1.62. The monoisotopic (exact) mass is 302 g/mol. The number of hydrogen-bond donors (Lipinski definition) is 2. The molecule has 0 unspecified atom stereocenters. The minimum Gasteiger partial charge on any atom is -0.369 e. The predicted molar refractivity (Wildman–Crippen MR) is 85.9 cm³/mol. The fourth-order valence-electron chi connectivity index (χ4n) is 2.03. The van der Waals surface area contributed by atoms with E-state index >= 15 is 0 Å². The second kappa shape index (κ2) is 6.09. The van der Waals surface area contributed by atoms with Gasteiger partial charge in [0.15, 0.2) is 11.5 Å². The van der Waals surface area contributed by atoms with Crippen LogP contribution >= 0.6 is 11.3 Å². The highest BCUT2D eigenvalue weighted by atomic mass is 32.1. The van der Waals surface area contributed by atoms with Crippen LogP contribution in [-0.2, 0) is 6.54 Å². The summed E-state index contributed by atoms with van der Waals surface area (Å²) in [5.41, 5.74) is 0.824. The molecule has 0 aliphatic heterocycles. The van der Waals surface area contributed by atoms with Crippen molar-refractivity contribution in [3.8, 4) is 0 Å². The van der Waals surface area contributed by atoms with E-state index in [9.17, 15) is 0 Å². The molecular weight excluding hydrogens is 284 g/mol. The summed E-state index contributed by atoms with van der Waals surface area (Å²) in [6, 6.07) is 0. The molecule has 0 aliphatic carbocycles. The molecule has 0 radical (unpaired) electrons. The first kappa shape index (κ1) is 13.8. The SMILES string of the molecule is CCCNc1cn2ccnc2c(NCc2ncc(C)s2)n1. The van der Waals surface area contributed by atoms with Gasteiger partial charge in [0.05, 0.1) is 12.7 Å². The van der Waals surface area contributed by atoms with Gasteiger partial charge in [-0.3, -0.25) is 0 Å². The molecule has 0 fully saturated rings. The minimum atomic E-state index is 0.658. The van der Waals surface area contributed by atoms with Gasteiger partial charge in [0, 0.05) is 30.0 Å². The molecule has 0 aliphatic rings. The van der Waals surface area contributed by atoms with E-state index in [1.165, 1.54) is 4.88 Å². The quantitative estimate of drug-likeness (QED) is 0.733. The van der Waals surface area contributed by atoms with Crippen molar-refractivity contribution in [2.45, 2.75) is 26.8 Å². The molecule has 6 nitrogen and oxygen atoms in total. The number of nitrogens with zero attached hydrogens (tertiary/aromatic N) is 4. The van der Waals surface area contributed by atoms with Crippen LogP contribution in [0.15, 0.2) is 24.8 Å². The van der Waals surface area contributed by atoms with Crippen LogP contribution in [0.5, 0.6) is 0 Å². The third kappa shape index (κ3) is 3.13. The lowest BCUT2D eigenvalue weighted by molar-refractivity contribution is 0.959. The summed E-state index contributed by atoms with van der Waals surface area (Å²) in [6.45, 7) is 5.75. The number of thiazole rings is 1. The molecule has 2 N–H and O–H groups in total. The second-order valence-corrected chi connectivity index (χ2v) is 6.10. The third-order valence-corrected chi connectivity index (χ3v) is 3.92. The lowest BCUT2D eigenvalue weighted by Gasteiger charge is -2.09. The Morgan fingerprint density at radius 2 is 2.19 bits per heavy atom. The van der Waals surface area contributed by atoms with Gasteiger partial charge in [0.2, 0.25) is 0 Å². The van der Waals surface area contributed by atoms with Crippen molar-refractivity contribution in [1.29, 1.82) is 0 Å². The fourth-order valence-corrected chi connectivity index (χ4v) is 2.76. The Morgan fingerprint density at radius 1 is 1.29 bits per heavy atom. The number of imidazole rings is 1. The molecule has 3 heterocycles. The van der Waals surface area contributed by atoms with Crippen molar-refractivity contribution >= 4 is 28.6 Å². The third-order valence-electron chi connectivity index (χ3n) is 3.01. The normalized spacial score (nSPS) is 11.0. The van der Waals surface area contributed by atoms with Gasteiger partial charge in [-0.15, -0.1) is 11.3 Å². The standard InChI is InChI=1S/C14H18N6S/c1-3-4-15-11-9-20-6-5-16-14(20)13(19-11)18-8-12-17-7-10(2)21-12/h5-7,9,15H,3-4,8H2,1-2H3,(H,18,19). The number of aromatic nitrogens is 4. The first-order valence-corrected chi connectivity index (χ1v) is 7.80.